The van der Waals surface area contributed by atoms with Crippen LogP contribution in [0, 0.1) is 5.82 Å². The Bertz CT molecular complexity index is 578. The Morgan fingerprint density at radius 2 is 1.70 bits per heavy atom. The van der Waals surface area contributed by atoms with Crippen LogP contribution in [-0.4, -0.2) is 16.0 Å². The van der Waals surface area contributed by atoms with Gasteiger partial charge >= 0.3 is 0 Å². The number of hydrogen-bond acceptors (Lipinski definition) is 2. The van der Waals surface area contributed by atoms with Crippen LogP contribution in [0.15, 0.2) is 48.5 Å². The van der Waals surface area contributed by atoms with Crippen molar-refractivity contribution >= 4 is 0 Å². The number of halogens is 1. The highest BCUT2D eigenvalue weighted by molar-refractivity contribution is 5.27. The van der Waals surface area contributed by atoms with Gasteiger partial charge in [-0.15, -0.1) is 0 Å². The van der Waals surface area contributed by atoms with Gasteiger partial charge in [-0.1, -0.05) is 24.3 Å². The maximum atomic E-state index is 12.9. The molecule has 1 aliphatic rings. The summed E-state index contributed by atoms with van der Waals surface area (Å²) in [6.45, 7) is 1.64. The molecule has 104 valence electrons. The zero-order chi connectivity index (χ0) is 13.9. The van der Waals surface area contributed by atoms with Crippen LogP contribution in [0.25, 0.3) is 0 Å². The molecule has 0 spiro atoms. The van der Waals surface area contributed by atoms with Gasteiger partial charge in [-0.2, -0.15) is 0 Å². The lowest BCUT2D eigenvalue weighted by atomic mass is 10.1. The zero-order valence-electron chi connectivity index (χ0n) is 11.3. The van der Waals surface area contributed by atoms with Gasteiger partial charge in [-0.3, -0.25) is 4.90 Å². The number of nitrogens with zero attached hydrogens (tertiary/aromatic N) is 1. The van der Waals surface area contributed by atoms with Gasteiger partial charge in [0.1, 0.15) is 11.6 Å². The van der Waals surface area contributed by atoms with Crippen molar-refractivity contribution in [1.29, 1.82) is 0 Å². The molecule has 2 aromatic carbocycles. The Morgan fingerprint density at radius 3 is 2.35 bits per heavy atom. The number of rotatable bonds is 5. The summed E-state index contributed by atoms with van der Waals surface area (Å²) in [4.78, 5) is 2.39. The Morgan fingerprint density at radius 1 is 1.00 bits per heavy atom. The van der Waals surface area contributed by atoms with Gasteiger partial charge in [0.25, 0.3) is 0 Å². The molecular formula is C17H18FNO. The predicted octanol–water partition coefficient (Wildman–Crippen LogP) is 3.70. The molecule has 1 N–H and O–H groups in total. The Labute approximate surface area is 118 Å². The molecule has 0 aromatic heterocycles. The third kappa shape index (κ3) is 3.36. The van der Waals surface area contributed by atoms with Crippen LogP contribution in [0.4, 0.5) is 4.39 Å². The normalized spacial score (nSPS) is 14.7. The van der Waals surface area contributed by atoms with Crippen molar-refractivity contribution in [1.82, 2.24) is 4.90 Å². The fourth-order valence-corrected chi connectivity index (χ4v) is 2.47. The van der Waals surface area contributed by atoms with Crippen molar-refractivity contribution in [2.45, 2.75) is 32.0 Å². The molecule has 0 aliphatic heterocycles. The molecule has 0 unspecified atom stereocenters. The van der Waals surface area contributed by atoms with Crippen LogP contribution in [0.2, 0.25) is 0 Å². The minimum Gasteiger partial charge on any atom is -0.508 e. The third-order valence-electron chi connectivity index (χ3n) is 3.66. The van der Waals surface area contributed by atoms with E-state index in [9.17, 15) is 9.50 Å². The molecule has 1 aliphatic carbocycles. The first kappa shape index (κ1) is 13.1. The summed E-state index contributed by atoms with van der Waals surface area (Å²) in [5, 5.41) is 9.54. The number of phenolic OH excluding ortho intramolecular Hbond substituents is 1. The molecule has 0 amide bonds. The van der Waals surface area contributed by atoms with E-state index in [-0.39, 0.29) is 5.82 Å². The van der Waals surface area contributed by atoms with Gasteiger partial charge in [0.2, 0.25) is 0 Å². The number of benzene rings is 2. The van der Waals surface area contributed by atoms with Crippen molar-refractivity contribution in [3.63, 3.8) is 0 Å². The Kier molecular flexibility index (Phi) is 3.70. The number of aromatic hydroxyl groups is 1. The van der Waals surface area contributed by atoms with E-state index in [1.165, 1.54) is 25.0 Å². The van der Waals surface area contributed by atoms with E-state index in [4.69, 9.17) is 0 Å². The Hall–Kier alpha value is -1.87. The smallest absolute Gasteiger partial charge is 0.123 e. The fourth-order valence-electron chi connectivity index (χ4n) is 2.47. The van der Waals surface area contributed by atoms with E-state index in [1.54, 1.807) is 12.1 Å². The van der Waals surface area contributed by atoms with Crippen LogP contribution < -0.4 is 0 Å². The second-order valence-electron chi connectivity index (χ2n) is 5.43. The zero-order valence-corrected chi connectivity index (χ0v) is 11.3. The second-order valence-corrected chi connectivity index (χ2v) is 5.43. The third-order valence-corrected chi connectivity index (χ3v) is 3.66. The van der Waals surface area contributed by atoms with Gasteiger partial charge in [-0.25, -0.2) is 4.39 Å². The first-order chi connectivity index (χ1) is 9.70. The average molecular weight is 271 g/mol. The van der Waals surface area contributed by atoms with Crippen LogP contribution in [-0.2, 0) is 13.1 Å². The van der Waals surface area contributed by atoms with Gasteiger partial charge in [0.05, 0.1) is 0 Å². The highest BCUT2D eigenvalue weighted by atomic mass is 19.1. The highest BCUT2D eigenvalue weighted by Gasteiger charge is 2.28. The van der Waals surface area contributed by atoms with E-state index in [0.29, 0.717) is 11.8 Å². The SMILES string of the molecule is Oc1cccc(CN(Cc2ccc(F)cc2)C2CC2)c1. The van der Waals surface area contributed by atoms with E-state index in [0.717, 1.165) is 24.2 Å². The Balaban J connectivity index is 1.71. The molecule has 1 fully saturated rings. The predicted molar refractivity (Wildman–Crippen MR) is 76.8 cm³/mol. The minimum absolute atomic E-state index is 0.195. The molecule has 0 atom stereocenters. The molecule has 1 saturated carbocycles. The summed E-state index contributed by atoms with van der Waals surface area (Å²) in [5.41, 5.74) is 2.23. The number of hydrogen-bond donors (Lipinski definition) is 1. The largest absolute Gasteiger partial charge is 0.508 e. The van der Waals surface area contributed by atoms with Gasteiger partial charge in [-0.05, 0) is 48.2 Å². The van der Waals surface area contributed by atoms with Crippen LogP contribution in [0.1, 0.15) is 24.0 Å². The van der Waals surface area contributed by atoms with E-state index in [2.05, 4.69) is 4.90 Å². The lowest BCUT2D eigenvalue weighted by Crippen LogP contribution is -2.25. The van der Waals surface area contributed by atoms with Crippen molar-refractivity contribution in [3.8, 4) is 5.75 Å². The molecule has 20 heavy (non-hydrogen) atoms. The van der Waals surface area contributed by atoms with Crippen molar-refractivity contribution in [2.24, 2.45) is 0 Å². The van der Waals surface area contributed by atoms with Crippen molar-refractivity contribution < 1.29 is 9.50 Å². The standard InChI is InChI=1S/C17H18FNO/c18-15-6-4-13(5-7-15)11-19(16-8-9-16)12-14-2-1-3-17(20)10-14/h1-7,10,16,20H,8-9,11-12H2. The molecule has 2 nitrogen and oxygen atoms in total. The van der Waals surface area contributed by atoms with Crippen molar-refractivity contribution in [3.05, 3.63) is 65.5 Å². The highest BCUT2D eigenvalue weighted by Crippen LogP contribution is 2.30. The topological polar surface area (TPSA) is 23.5 Å². The molecule has 0 bridgehead atoms. The second kappa shape index (κ2) is 5.63. The van der Waals surface area contributed by atoms with E-state index >= 15 is 0 Å². The van der Waals surface area contributed by atoms with Crippen molar-refractivity contribution in [2.75, 3.05) is 0 Å². The molecule has 3 rings (SSSR count). The maximum absolute atomic E-state index is 12.9. The van der Waals surface area contributed by atoms with Crippen LogP contribution in [0.3, 0.4) is 0 Å². The monoisotopic (exact) mass is 271 g/mol. The molecule has 0 saturated heterocycles. The summed E-state index contributed by atoms with van der Waals surface area (Å²) < 4.78 is 12.9. The molecule has 2 aromatic rings. The maximum Gasteiger partial charge on any atom is 0.123 e. The molecular weight excluding hydrogens is 253 g/mol. The summed E-state index contributed by atoms with van der Waals surface area (Å²) in [6.07, 6.45) is 2.44. The first-order valence-electron chi connectivity index (χ1n) is 6.97. The lowest BCUT2D eigenvalue weighted by Gasteiger charge is -2.22. The fraction of sp³-hybridized carbons (Fsp3) is 0.294. The summed E-state index contributed by atoms with van der Waals surface area (Å²) in [5.74, 6) is 0.111. The lowest BCUT2D eigenvalue weighted by molar-refractivity contribution is 0.245. The van der Waals surface area contributed by atoms with Gasteiger partial charge in [0, 0.05) is 19.1 Å². The van der Waals surface area contributed by atoms with E-state index in [1.807, 2.05) is 24.3 Å². The molecule has 0 heterocycles. The van der Waals surface area contributed by atoms with Crippen LogP contribution >= 0.6 is 0 Å². The molecule has 0 radical (unpaired) electrons. The average Bonchev–Trinajstić information content (AvgIpc) is 3.25. The number of phenols is 1. The molecule has 3 heteroatoms. The van der Waals surface area contributed by atoms with Gasteiger partial charge in [0.15, 0.2) is 0 Å². The van der Waals surface area contributed by atoms with E-state index < -0.39 is 0 Å². The summed E-state index contributed by atoms with van der Waals surface area (Å²) >= 11 is 0. The first-order valence-corrected chi connectivity index (χ1v) is 6.97. The van der Waals surface area contributed by atoms with Crippen LogP contribution in [0.5, 0.6) is 5.75 Å². The minimum atomic E-state index is -0.195. The summed E-state index contributed by atoms with van der Waals surface area (Å²) in [7, 11) is 0. The quantitative estimate of drug-likeness (QED) is 0.896. The summed E-state index contributed by atoms with van der Waals surface area (Å²) in [6, 6.07) is 14.7. The van der Waals surface area contributed by atoms with Gasteiger partial charge < -0.3 is 5.11 Å².